The third-order valence-electron chi connectivity index (χ3n) is 5.88. The molecule has 0 fully saturated rings. The highest BCUT2D eigenvalue weighted by atomic mass is 32.1. The van der Waals surface area contributed by atoms with E-state index in [1.165, 1.54) is 22.1 Å². The number of phenols is 1. The van der Waals surface area contributed by atoms with Gasteiger partial charge < -0.3 is 20.4 Å². The van der Waals surface area contributed by atoms with Crippen LogP contribution in [0.1, 0.15) is 22.7 Å². The second kappa shape index (κ2) is 10.0. The van der Waals surface area contributed by atoms with Crippen LogP contribution >= 0.6 is 11.3 Å². The summed E-state index contributed by atoms with van der Waals surface area (Å²) in [5.41, 5.74) is 3.30. The lowest BCUT2D eigenvalue weighted by molar-refractivity contribution is 0.385. The fraction of sp³-hybridized carbons (Fsp3) is 0.111. The zero-order chi connectivity index (χ0) is 25.9. The molecule has 4 aromatic rings. The van der Waals surface area contributed by atoms with Crippen molar-refractivity contribution in [1.29, 1.82) is 5.26 Å². The number of hydrogen-bond acceptors (Lipinski definition) is 9. The second-order valence-electron chi connectivity index (χ2n) is 8.15. The summed E-state index contributed by atoms with van der Waals surface area (Å²) < 4.78 is 12.6. The van der Waals surface area contributed by atoms with Crippen molar-refractivity contribution in [2.24, 2.45) is 15.2 Å². The summed E-state index contributed by atoms with van der Waals surface area (Å²) in [5, 5.41) is 29.4. The summed E-state index contributed by atoms with van der Waals surface area (Å²) in [6.45, 7) is 1.80. The average Bonchev–Trinajstić information content (AvgIpc) is 3.19. The van der Waals surface area contributed by atoms with Crippen LogP contribution in [0.4, 0.5) is 10.7 Å². The molecule has 5 rings (SSSR count). The quantitative estimate of drug-likeness (QED) is 0.268. The molecule has 37 heavy (non-hydrogen) atoms. The number of rotatable bonds is 5. The number of ether oxygens (including phenoxy) is 2. The van der Waals surface area contributed by atoms with Gasteiger partial charge in [-0.05, 0) is 42.8 Å². The second-order valence-corrected chi connectivity index (χ2v) is 9.11. The minimum atomic E-state index is -0.421. The van der Waals surface area contributed by atoms with Crippen molar-refractivity contribution in [3.8, 4) is 23.3 Å². The number of phenolic OH excluding ortho intramolecular Hbond substituents is 1. The molecule has 10 heteroatoms. The topological polar surface area (TPSA) is 131 Å². The minimum absolute atomic E-state index is 0.0485. The Bertz CT molecular complexity index is 1630. The van der Waals surface area contributed by atoms with Crippen molar-refractivity contribution in [1.82, 2.24) is 4.68 Å². The molecule has 0 bridgehead atoms. The molecule has 1 aromatic heterocycles. The molecule has 184 valence electrons. The van der Waals surface area contributed by atoms with Crippen LogP contribution in [0.2, 0.25) is 0 Å². The summed E-state index contributed by atoms with van der Waals surface area (Å²) in [7, 11) is 1.60. The van der Waals surface area contributed by atoms with Crippen LogP contribution < -0.4 is 20.1 Å². The zero-order valence-electron chi connectivity index (χ0n) is 20.0. The third kappa shape index (κ3) is 4.68. The predicted octanol–water partition coefficient (Wildman–Crippen LogP) is 5.56. The number of aromatic nitrogens is 1. The van der Waals surface area contributed by atoms with Crippen molar-refractivity contribution >= 4 is 22.0 Å². The first-order valence-electron chi connectivity index (χ1n) is 11.3. The summed E-state index contributed by atoms with van der Waals surface area (Å²) >= 11 is 1.21. The van der Waals surface area contributed by atoms with Crippen LogP contribution in [0.5, 0.6) is 17.2 Å². The number of aromatic hydroxyl groups is 1. The maximum Gasteiger partial charge on any atom is 0.236 e. The number of azo groups is 1. The minimum Gasteiger partial charge on any atom is -0.508 e. The molecule has 3 N–H and O–H groups in total. The van der Waals surface area contributed by atoms with E-state index in [0.717, 1.165) is 16.9 Å². The fourth-order valence-electron chi connectivity index (χ4n) is 3.94. The molecule has 1 aliphatic rings. The van der Waals surface area contributed by atoms with Gasteiger partial charge in [-0.1, -0.05) is 47.7 Å². The van der Waals surface area contributed by atoms with Crippen molar-refractivity contribution in [3.05, 3.63) is 106 Å². The van der Waals surface area contributed by atoms with Crippen LogP contribution in [0.3, 0.4) is 0 Å². The SMILES string of the molecule is COc1ccc(N=Nc2s/c(=N\C3=C(C#N)C(c4ccccc4)c4ccc(O)cc4O3)n(N)c2C)cc1. The maximum absolute atomic E-state index is 10.2. The van der Waals surface area contributed by atoms with Crippen LogP contribution in [0.25, 0.3) is 0 Å². The van der Waals surface area contributed by atoms with Gasteiger partial charge in [0.1, 0.15) is 28.9 Å². The van der Waals surface area contributed by atoms with Crippen molar-refractivity contribution in [2.45, 2.75) is 12.8 Å². The van der Waals surface area contributed by atoms with Gasteiger partial charge in [0.15, 0.2) is 5.00 Å². The molecule has 2 heterocycles. The van der Waals surface area contributed by atoms with Crippen LogP contribution in [0, 0.1) is 18.3 Å². The summed E-state index contributed by atoms with van der Waals surface area (Å²) in [5.74, 6) is 7.17. The highest BCUT2D eigenvalue weighted by molar-refractivity contribution is 7.13. The number of methoxy groups -OCH3 is 1. The number of nitrogens with two attached hydrogens (primary N) is 1. The molecule has 1 unspecified atom stereocenters. The van der Waals surface area contributed by atoms with Gasteiger partial charge >= 0.3 is 0 Å². The Morgan fingerprint density at radius 3 is 2.54 bits per heavy atom. The Morgan fingerprint density at radius 2 is 1.84 bits per heavy atom. The number of benzene rings is 3. The average molecular weight is 511 g/mol. The smallest absolute Gasteiger partial charge is 0.236 e. The Labute approximate surface area is 216 Å². The molecular formula is C27H22N6O3S. The fourth-order valence-corrected chi connectivity index (χ4v) is 4.80. The molecule has 0 saturated heterocycles. The molecule has 0 radical (unpaired) electrons. The number of fused-ring (bicyclic) bond motifs is 1. The zero-order valence-corrected chi connectivity index (χ0v) is 20.8. The van der Waals surface area contributed by atoms with Crippen molar-refractivity contribution in [3.63, 3.8) is 0 Å². The normalized spacial score (nSPS) is 15.4. The summed E-state index contributed by atoms with van der Waals surface area (Å²) in [4.78, 5) is 5.00. The van der Waals surface area contributed by atoms with Crippen LogP contribution in [-0.4, -0.2) is 16.9 Å². The van der Waals surface area contributed by atoms with E-state index in [0.29, 0.717) is 32.5 Å². The number of thiazole rings is 1. The molecular weight excluding hydrogens is 488 g/mol. The van der Waals surface area contributed by atoms with E-state index in [1.807, 2.05) is 30.3 Å². The Hall–Kier alpha value is -4.88. The van der Waals surface area contributed by atoms with Gasteiger partial charge in [0.05, 0.1) is 24.4 Å². The summed E-state index contributed by atoms with van der Waals surface area (Å²) in [6.07, 6.45) is 0. The molecule has 1 atom stereocenters. The lowest BCUT2D eigenvalue weighted by Gasteiger charge is -2.26. The molecule has 0 amide bonds. The first-order chi connectivity index (χ1) is 18.0. The molecule has 0 spiro atoms. The lowest BCUT2D eigenvalue weighted by atomic mass is 9.83. The van der Waals surface area contributed by atoms with E-state index in [4.69, 9.17) is 15.3 Å². The van der Waals surface area contributed by atoms with Crippen LogP contribution in [-0.2, 0) is 0 Å². The van der Waals surface area contributed by atoms with E-state index in [2.05, 4.69) is 21.3 Å². The number of nitrogen functional groups attached to an aromatic ring is 1. The van der Waals surface area contributed by atoms with Crippen molar-refractivity contribution in [2.75, 3.05) is 13.0 Å². The Balaban J connectivity index is 1.59. The van der Waals surface area contributed by atoms with Gasteiger partial charge in [0.2, 0.25) is 10.7 Å². The Morgan fingerprint density at radius 1 is 1.08 bits per heavy atom. The van der Waals surface area contributed by atoms with Crippen molar-refractivity contribution < 1.29 is 14.6 Å². The van der Waals surface area contributed by atoms with E-state index >= 15 is 0 Å². The molecule has 0 saturated carbocycles. The van der Waals surface area contributed by atoms with Gasteiger partial charge in [-0.3, -0.25) is 0 Å². The molecule has 3 aromatic carbocycles. The highest BCUT2D eigenvalue weighted by Gasteiger charge is 2.32. The standard InChI is InChI=1S/C27H22N6O3S/c1-16-26(32-31-18-8-11-20(35-2)12-9-18)37-27(33(16)29)30-25-22(15-28)24(17-6-4-3-5-7-17)21-13-10-19(34)14-23(21)36-25/h3-14,24,34H,29H2,1-2H3/b30-27-,32-31?. The number of hydrogen-bond donors (Lipinski definition) is 2. The van der Waals surface area contributed by atoms with E-state index in [-0.39, 0.29) is 11.6 Å². The van der Waals surface area contributed by atoms with Gasteiger partial charge in [-0.25, -0.2) is 4.68 Å². The molecule has 1 aliphatic heterocycles. The monoisotopic (exact) mass is 510 g/mol. The predicted molar refractivity (Wildman–Crippen MR) is 140 cm³/mol. The maximum atomic E-state index is 10.2. The van der Waals surface area contributed by atoms with Gasteiger partial charge in [-0.2, -0.15) is 10.3 Å². The van der Waals surface area contributed by atoms with Crippen LogP contribution in [0.15, 0.2) is 99.5 Å². The number of nitriles is 1. The largest absolute Gasteiger partial charge is 0.508 e. The van der Waals surface area contributed by atoms with E-state index in [9.17, 15) is 10.4 Å². The Kier molecular flexibility index (Phi) is 6.45. The van der Waals surface area contributed by atoms with Gasteiger partial charge in [0, 0.05) is 11.6 Å². The van der Waals surface area contributed by atoms with E-state index < -0.39 is 5.92 Å². The number of allylic oxidation sites excluding steroid dienone is 1. The van der Waals surface area contributed by atoms with Gasteiger partial charge in [-0.15, -0.1) is 10.2 Å². The summed E-state index contributed by atoms with van der Waals surface area (Å²) in [6, 6.07) is 23.9. The first-order valence-corrected chi connectivity index (χ1v) is 12.1. The third-order valence-corrected chi connectivity index (χ3v) is 6.92. The van der Waals surface area contributed by atoms with E-state index in [1.54, 1.807) is 50.4 Å². The lowest BCUT2D eigenvalue weighted by Crippen LogP contribution is -2.25. The first kappa shape index (κ1) is 23.8. The number of nitrogens with zero attached hydrogens (tertiary/aromatic N) is 5. The molecule has 0 aliphatic carbocycles. The highest BCUT2D eigenvalue weighted by Crippen LogP contribution is 2.44. The van der Waals surface area contributed by atoms with Gasteiger partial charge in [0.25, 0.3) is 0 Å². The molecule has 9 nitrogen and oxygen atoms in total.